The van der Waals surface area contributed by atoms with Crippen LogP contribution in [0.2, 0.25) is 10.0 Å². The van der Waals surface area contributed by atoms with E-state index in [1.54, 1.807) is 18.6 Å². The highest BCUT2D eigenvalue weighted by Crippen LogP contribution is 2.36. The van der Waals surface area contributed by atoms with Gasteiger partial charge in [0.25, 0.3) is 0 Å². The van der Waals surface area contributed by atoms with Crippen LogP contribution in [0, 0.1) is 0 Å². The first-order valence-corrected chi connectivity index (χ1v) is 5.86. The van der Waals surface area contributed by atoms with Gasteiger partial charge in [0, 0.05) is 24.0 Å². The van der Waals surface area contributed by atoms with Crippen molar-refractivity contribution in [1.29, 1.82) is 0 Å². The third-order valence-corrected chi connectivity index (χ3v) is 3.34. The molecule has 5 heteroatoms. The van der Waals surface area contributed by atoms with E-state index in [1.165, 1.54) is 0 Å². The largest absolute Gasteiger partial charge is 0.324 e. The molecule has 0 radical (unpaired) electrons. The number of hydrogen-bond acceptors (Lipinski definition) is 3. The standard InChI is InChI=1S/C12H11Cl2N3/c1-7(15)8-2-3-9(12(14)11(8)13)10-6-16-4-5-17-10/h2-7H,15H2,1H3/t7-/m0/s1. The van der Waals surface area contributed by atoms with Gasteiger partial charge in [0.2, 0.25) is 0 Å². The van der Waals surface area contributed by atoms with E-state index in [9.17, 15) is 0 Å². The van der Waals surface area contributed by atoms with E-state index in [0.29, 0.717) is 15.7 Å². The normalized spacial score (nSPS) is 12.5. The van der Waals surface area contributed by atoms with Crippen LogP contribution in [0.5, 0.6) is 0 Å². The second-order valence-corrected chi connectivity index (χ2v) is 4.47. The van der Waals surface area contributed by atoms with Gasteiger partial charge in [-0.2, -0.15) is 0 Å². The van der Waals surface area contributed by atoms with E-state index in [4.69, 9.17) is 28.9 Å². The number of hydrogen-bond donors (Lipinski definition) is 1. The predicted molar refractivity (Wildman–Crippen MR) is 70.1 cm³/mol. The van der Waals surface area contributed by atoms with Gasteiger partial charge in [-0.15, -0.1) is 0 Å². The van der Waals surface area contributed by atoms with Crippen LogP contribution in [0.4, 0.5) is 0 Å². The Balaban J connectivity index is 2.56. The van der Waals surface area contributed by atoms with Crippen molar-refractivity contribution in [3.8, 4) is 11.3 Å². The number of rotatable bonds is 2. The van der Waals surface area contributed by atoms with Gasteiger partial charge in [0.05, 0.1) is 21.9 Å². The lowest BCUT2D eigenvalue weighted by Crippen LogP contribution is -2.06. The van der Waals surface area contributed by atoms with E-state index >= 15 is 0 Å². The van der Waals surface area contributed by atoms with Gasteiger partial charge in [0.1, 0.15) is 0 Å². The number of aromatic nitrogens is 2. The quantitative estimate of drug-likeness (QED) is 0.907. The zero-order valence-corrected chi connectivity index (χ0v) is 10.7. The van der Waals surface area contributed by atoms with Gasteiger partial charge in [-0.05, 0) is 12.5 Å². The first kappa shape index (κ1) is 12.3. The van der Waals surface area contributed by atoms with Gasteiger partial charge >= 0.3 is 0 Å². The minimum atomic E-state index is -0.157. The summed E-state index contributed by atoms with van der Waals surface area (Å²) in [6.07, 6.45) is 4.86. The molecule has 0 unspecified atom stereocenters. The number of nitrogens with two attached hydrogens (primary N) is 1. The van der Waals surface area contributed by atoms with Crippen molar-refractivity contribution < 1.29 is 0 Å². The van der Waals surface area contributed by atoms with Crippen molar-refractivity contribution in [2.75, 3.05) is 0 Å². The van der Waals surface area contributed by atoms with Crippen molar-refractivity contribution in [1.82, 2.24) is 9.97 Å². The van der Waals surface area contributed by atoms with E-state index in [2.05, 4.69) is 9.97 Å². The molecule has 0 saturated heterocycles. The van der Waals surface area contributed by atoms with Gasteiger partial charge in [0.15, 0.2) is 0 Å². The molecule has 17 heavy (non-hydrogen) atoms. The molecule has 1 atom stereocenters. The Morgan fingerprint density at radius 1 is 1.18 bits per heavy atom. The highest BCUT2D eigenvalue weighted by molar-refractivity contribution is 6.44. The van der Waals surface area contributed by atoms with Gasteiger partial charge in [-0.25, -0.2) is 0 Å². The average Bonchev–Trinajstić information content (AvgIpc) is 2.33. The SMILES string of the molecule is C[C@H](N)c1ccc(-c2cnccn2)c(Cl)c1Cl. The fourth-order valence-electron chi connectivity index (χ4n) is 1.55. The lowest BCUT2D eigenvalue weighted by Gasteiger charge is -2.12. The molecule has 1 aromatic heterocycles. The molecule has 0 aliphatic carbocycles. The number of nitrogens with zero attached hydrogens (tertiary/aromatic N) is 2. The van der Waals surface area contributed by atoms with Gasteiger partial charge in [-0.3, -0.25) is 9.97 Å². The van der Waals surface area contributed by atoms with Crippen molar-refractivity contribution in [2.24, 2.45) is 5.73 Å². The molecule has 0 amide bonds. The smallest absolute Gasteiger partial charge is 0.0900 e. The summed E-state index contributed by atoms with van der Waals surface area (Å²) in [6, 6.07) is 3.57. The Morgan fingerprint density at radius 2 is 1.94 bits per heavy atom. The molecule has 0 aliphatic heterocycles. The van der Waals surface area contributed by atoms with E-state index in [1.807, 2.05) is 19.1 Å². The van der Waals surface area contributed by atoms with Crippen molar-refractivity contribution in [3.63, 3.8) is 0 Å². The van der Waals surface area contributed by atoms with Crippen LogP contribution in [0.3, 0.4) is 0 Å². The van der Waals surface area contributed by atoms with Gasteiger partial charge in [-0.1, -0.05) is 35.3 Å². The Morgan fingerprint density at radius 3 is 2.53 bits per heavy atom. The van der Waals surface area contributed by atoms with E-state index in [0.717, 1.165) is 11.1 Å². The molecule has 1 heterocycles. The second kappa shape index (κ2) is 5.00. The van der Waals surface area contributed by atoms with Crippen LogP contribution < -0.4 is 5.73 Å². The molecule has 1 aromatic carbocycles. The minimum Gasteiger partial charge on any atom is -0.324 e. The molecule has 2 aromatic rings. The summed E-state index contributed by atoms with van der Waals surface area (Å²) in [4.78, 5) is 8.19. The summed E-state index contributed by atoms with van der Waals surface area (Å²) in [5.74, 6) is 0. The van der Waals surface area contributed by atoms with Crippen molar-refractivity contribution >= 4 is 23.2 Å². The highest BCUT2D eigenvalue weighted by Gasteiger charge is 2.14. The van der Waals surface area contributed by atoms with Crippen LogP contribution in [-0.2, 0) is 0 Å². The van der Waals surface area contributed by atoms with Crippen molar-refractivity contribution in [2.45, 2.75) is 13.0 Å². The van der Waals surface area contributed by atoms with Crippen LogP contribution in [0.15, 0.2) is 30.7 Å². The summed E-state index contributed by atoms with van der Waals surface area (Å²) >= 11 is 12.4. The Bertz CT molecular complexity index is 527. The molecular weight excluding hydrogens is 257 g/mol. The van der Waals surface area contributed by atoms with Crippen LogP contribution in [0.25, 0.3) is 11.3 Å². The van der Waals surface area contributed by atoms with Crippen LogP contribution in [-0.4, -0.2) is 9.97 Å². The summed E-state index contributed by atoms with van der Waals surface area (Å²) in [7, 11) is 0. The summed E-state index contributed by atoms with van der Waals surface area (Å²) in [5.41, 5.74) is 8.07. The Hall–Kier alpha value is -1.16. The second-order valence-electron chi connectivity index (χ2n) is 3.71. The third-order valence-electron chi connectivity index (χ3n) is 2.44. The maximum Gasteiger partial charge on any atom is 0.0900 e. The first-order valence-electron chi connectivity index (χ1n) is 5.11. The van der Waals surface area contributed by atoms with Gasteiger partial charge < -0.3 is 5.73 Å². The molecule has 0 fully saturated rings. The third kappa shape index (κ3) is 2.41. The molecule has 2 rings (SSSR count). The van der Waals surface area contributed by atoms with Crippen molar-refractivity contribution in [3.05, 3.63) is 46.3 Å². The molecular formula is C12H11Cl2N3. The lowest BCUT2D eigenvalue weighted by molar-refractivity contribution is 0.819. The topological polar surface area (TPSA) is 51.8 Å². The fraction of sp³-hybridized carbons (Fsp3) is 0.167. The Labute approximate surface area is 110 Å². The van der Waals surface area contributed by atoms with Crippen LogP contribution in [0.1, 0.15) is 18.5 Å². The number of halogens is 2. The molecule has 0 spiro atoms. The van der Waals surface area contributed by atoms with E-state index in [-0.39, 0.29) is 6.04 Å². The highest BCUT2D eigenvalue weighted by atomic mass is 35.5. The summed E-state index contributed by atoms with van der Waals surface area (Å²) in [6.45, 7) is 1.86. The fourth-order valence-corrected chi connectivity index (χ4v) is 2.16. The molecule has 0 saturated carbocycles. The lowest BCUT2D eigenvalue weighted by atomic mass is 10.0. The maximum atomic E-state index is 6.22. The zero-order chi connectivity index (χ0) is 12.4. The van der Waals surface area contributed by atoms with E-state index < -0.39 is 0 Å². The Kier molecular flexibility index (Phi) is 3.62. The predicted octanol–water partition coefficient (Wildman–Crippen LogP) is 3.47. The zero-order valence-electron chi connectivity index (χ0n) is 9.19. The molecule has 88 valence electrons. The summed E-state index contributed by atoms with van der Waals surface area (Å²) < 4.78 is 0. The molecule has 3 nitrogen and oxygen atoms in total. The number of benzene rings is 1. The monoisotopic (exact) mass is 267 g/mol. The first-order chi connectivity index (χ1) is 8.11. The van der Waals surface area contributed by atoms with Crippen LogP contribution >= 0.6 is 23.2 Å². The molecule has 2 N–H and O–H groups in total. The maximum absolute atomic E-state index is 6.22. The average molecular weight is 268 g/mol. The minimum absolute atomic E-state index is 0.157. The molecule has 0 bridgehead atoms. The molecule has 0 aliphatic rings. The summed E-state index contributed by atoms with van der Waals surface area (Å²) in [5, 5.41) is 0.937.